The lowest BCUT2D eigenvalue weighted by Gasteiger charge is -2.31. The SMILES string of the molecule is COc1ccc(NC(=O)C(c2ccccn2)N(Cc2ccccc2)C(=O)c2ccccc2)c(C)c1. The number of carbonyl (C=O) groups is 2. The molecule has 1 unspecified atom stereocenters. The highest BCUT2D eigenvalue weighted by Gasteiger charge is 2.33. The summed E-state index contributed by atoms with van der Waals surface area (Å²) in [5.41, 5.74) is 3.38. The van der Waals surface area contributed by atoms with E-state index in [1.165, 1.54) is 0 Å². The zero-order valence-corrected chi connectivity index (χ0v) is 19.7. The Balaban J connectivity index is 1.76. The summed E-state index contributed by atoms with van der Waals surface area (Å²) in [5, 5.41) is 3.00. The van der Waals surface area contributed by atoms with E-state index >= 15 is 0 Å². The van der Waals surface area contributed by atoms with E-state index in [-0.39, 0.29) is 18.4 Å². The van der Waals surface area contributed by atoms with Crippen molar-refractivity contribution < 1.29 is 14.3 Å². The second-order valence-electron chi connectivity index (χ2n) is 8.11. The minimum Gasteiger partial charge on any atom is -0.497 e. The summed E-state index contributed by atoms with van der Waals surface area (Å²) in [7, 11) is 1.60. The van der Waals surface area contributed by atoms with Crippen LogP contribution in [-0.4, -0.2) is 28.8 Å². The molecule has 35 heavy (non-hydrogen) atoms. The van der Waals surface area contributed by atoms with E-state index in [9.17, 15) is 9.59 Å². The summed E-state index contributed by atoms with van der Waals surface area (Å²) < 4.78 is 5.28. The van der Waals surface area contributed by atoms with Gasteiger partial charge in [-0.2, -0.15) is 0 Å². The molecule has 0 spiro atoms. The maximum absolute atomic E-state index is 13.8. The number of aromatic nitrogens is 1. The largest absolute Gasteiger partial charge is 0.497 e. The van der Waals surface area contributed by atoms with Gasteiger partial charge in [-0.05, 0) is 60.5 Å². The van der Waals surface area contributed by atoms with Crippen molar-refractivity contribution in [3.05, 3.63) is 126 Å². The summed E-state index contributed by atoms with van der Waals surface area (Å²) in [6.45, 7) is 2.13. The fourth-order valence-electron chi connectivity index (χ4n) is 3.88. The van der Waals surface area contributed by atoms with Crippen molar-refractivity contribution in [2.24, 2.45) is 0 Å². The minimum atomic E-state index is -0.953. The van der Waals surface area contributed by atoms with E-state index in [4.69, 9.17) is 4.74 Å². The fraction of sp³-hybridized carbons (Fsp3) is 0.138. The number of carbonyl (C=O) groups excluding carboxylic acids is 2. The molecule has 3 aromatic carbocycles. The number of ether oxygens (including phenoxy) is 1. The lowest BCUT2D eigenvalue weighted by atomic mass is 10.0. The first-order chi connectivity index (χ1) is 17.1. The van der Waals surface area contributed by atoms with Crippen LogP contribution in [0, 0.1) is 6.92 Å². The second kappa shape index (κ2) is 11.1. The number of hydrogen-bond acceptors (Lipinski definition) is 4. The standard InChI is InChI=1S/C29H27N3O3/c1-21-19-24(35-2)16-17-25(21)31-28(33)27(26-15-9-10-18-30-26)32(20-22-11-5-3-6-12-22)29(34)23-13-7-4-8-14-23/h3-19,27H,20H2,1-2H3,(H,31,33). The zero-order valence-electron chi connectivity index (χ0n) is 19.7. The van der Waals surface area contributed by atoms with E-state index in [1.54, 1.807) is 54.6 Å². The number of methoxy groups -OCH3 is 1. The molecule has 0 bridgehead atoms. The van der Waals surface area contributed by atoms with Gasteiger partial charge >= 0.3 is 0 Å². The van der Waals surface area contributed by atoms with Gasteiger partial charge in [0.05, 0.1) is 12.8 Å². The number of aryl methyl sites for hydroxylation is 1. The Morgan fingerprint density at radius 2 is 1.60 bits per heavy atom. The molecule has 0 aliphatic carbocycles. The average Bonchev–Trinajstić information content (AvgIpc) is 2.90. The molecule has 176 valence electrons. The van der Waals surface area contributed by atoms with Crippen LogP contribution in [0.5, 0.6) is 5.75 Å². The summed E-state index contributed by atoms with van der Waals surface area (Å²) in [5.74, 6) is 0.0932. The lowest BCUT2D eigenvalue weighted by Crippen LogP contribution is -2.41. The Hall–Kier alpha value is -4.45. The van der Waals surface area contributed by atoms with Crippen LogP contribution in [0.3, 0.4) is 0 Å². The predicted octanol–water partition coefficient (Wildman–Crippen LogP) is 5.42. The number of anilines is 1. The lowest BCUT2D eigenvalue weighted by molar-refractivity contribution is -0.121. The minimum absolute atomic E-state index is 0.241. The van der Waals surface area contributed by atoms with Crippen LogP contribution in [0.25, 0.3) is 0 Å². The van der Waals surface area contributed by atoms with Crippen LogP contribution in [0.4, 0.5) is 5.69 Å². The van der Waals surface area contributed by atoms with Gasteiger partial charge in [0.1, 0.15) is 5.75 Å². The maximum atomic E-state index is 13.8. The van der Waals surface area contributed by atoms with E-state index in [0.717, 1.165) is 11.1 Å². The molecule has 2 amide bonds. The van der Waals surface area contributed by atoms with Crippen molar-refractivity contribution in [3.63, 3.8) is 0 Å². The molecule has 0 saturated heterocycles. The third kappa shape index (κ3) is 5.73. The molecule has 4 aromatic rings. The van der Waals surface area contributed by atoms with Crippen molar-refractivity contribution in [3.8, 4) is 5.75 Å². The molecular weight excluding hydrogens is 438 g/mol. The molecule has 6 nitrogen and oxygen atoms in total. The van der Waals surface area contributed by atoms with Crippen LogP contribution < -0.4 is 10.1 Å². The molecule has 1 aromatic heterocycles. The molecule has 4 rings (SSSR count). The Morgan fingerprint density at radius 1 is 0.914 bits per heavy atom. The maximum Gasteiger partial charge on any atom is 0.255 e. The first-order valence-electron chi connectivity index (χ1n) is 11.3. The zero-order chi connectivity index (χ0) is 24.6. The van der Waals surface area contributed by atoms with Gasteiger partial charge in [-0.15, -0.1) is 0 Å². The Labute approximate surface area is 205 Å². The third-order valence-corrected chi connectivity index (χ3v) is 5.70. The van der Waals surface area contributed by atoms with Crippen LogP contribution in [0.1, 0.15) is 33.2 Å². The van der Waals surface area contributed by atoms with Crippen molar-refractivity contribution in [1.82, 2.24) is 9.88 Å². The summed E-state index contributed by atoms with van der Waals surface area (Å²) in [6.07, 6.45) is 1.63. The van der Waals surface area contributed by atoms with Gasteiger partial charge in [0.2, 0.25) is 0 Å². The highest BCUT2D eigenvalue weighted by atomic mass is 16.5. The van der Waals surface area contributed by atoms with Gasteiger partial charge in [-0.1, -0.05) is 54.6 Å². The molecule has 0 saturated carbocycles. The summed E-state index contributed by atoms with van der Waals surface area (Å²) in [4.78, 5) is 33.6. The predicted molar refractivity (Wildman–Crippen MR) is 136 cm³/mol. The van der Waals surface area contributed by atoms with E-state index in [1.807, 2.05) is 67.6 Å². The summed E-state index contributed by atoms with van der Waals surface area (Å²) in [6, 6.07) is 28.4. The molecule has 0 fully saturated rings. The molecule has 0 aliphatic heterocycles. The highest BCUT2D eigenvalue weighted by Crippen LogP contribution is 2.28. The number of nitrogens with zero attached hydrogens (tertiary/aromatic N) is 2. The molecule has 0 radical (unpaired) electrons. The fourth-order valence-corrected chi connectivity index (χ4v) is 3.88. The van der Waals surface area contributed by atoms with E-state index < -0.39 is 6.04 Å². The number of rotatable bonds is 8. The average molecular weight is 466 g/mol. The third-order valence-electron chi connectivity index (χ3n) is 5.70. The van der Waals surface area contributed by atoms with Crippen LogP contribution in [0.2, 0.25) is 0 Å². The van der Waals surface area contributed by atoms with Gasteiger partial charge in [0.15, 0.2) is 6.04 Å². The van der Waals surface area contributed by atoms with Gasteiger partial charge in [-0.3, -0.25) is 14.6 Å². The van der Waals surface area contributed by atoms with Crippen LogP contribution in [0.15, 0.2) is 103 Å². The Morgan fingerprint density at radius 3 is 2.23 bits per heavy atom. The quantitative estimate of drug-likeness (QED) is 0.377. The normalized spacial score (nSPS) is 11.4. The monoisotopic (exact) mass is 465 g/mol. The van der Waals surface area contributed by atoms with E-state index in [0.29, 0.717) is 22.7 Å². The van der Waals surface area contributed by atoms with Crippen molar-refractivity contribution in [1.29, 1.82) is 0 Å². The molecule has 1 atom stereocenters. The summed E-state index contributed by atoms with van der Waals surface area (Å²) >= 11 is 0. The van der Waals surface area contributed by atoms with Crippen molar-refractivity contribution >= 4 is 17.5 Å². The van der Waals surface area contributed by atoms with Crippen molar-refractivity contribution in [2.45, 2.75) is 19.5 Å². The highest BCUT2D eigenvalue weighted by molar-refractivity contribution is 6.01. The number of hydrogen-bond donors (Lipinski definition) is 1. The molecule has 1 heterocycles. The van der Waals surface area contributed by atoms with Gasteiger partial charge < -0.3 is 15.0 Å². The Kier molecular flexibility index (Phi) is 7.53. The van der Waals surface area contributed by atoms with Crippen molar-refractivity contribution in [2.75, 3.05) is 12.4 Å². The molecule has 0 aliphatic rings. The molecular formula is C29H27N3O3. The number of pyridine rings is 1. The number of amides is 2. The van der Waals surface area contributed by atoms with Crippen LogP contribution in [-0.2, 0) is 11.3 Å². The number of nitrogens with one attached hydrogen (secondary N) is 1. The van der Waals surface area contributed by atoms with Gasteiger partial charge in [-0.25, -0.2) is 0 Å². The van der Waals surface area contributed by atoms with Gasteiger partial charge in [0.25, 0.3) is 11.8 Å². The topological polar surface area (TPSA) is 71.5 Å². The smallest absolute Gasteiger partial charge is 0.255 e. The van der Waals surface area contributed by atoms with Gasteiger partial charge in [0, 0.05) is 24.0 Å². The molecule has 6 heteroatoms. The second-order valence-corrected chi connectivity index (χ2v) is 8.11. The van der Waals surface area contributed by atoms with E-state index in [2.05, 4.69) is 10.3 Å². The number of benzene rings is 3. The molecule has 1 N–H and O–H groups in total. The van der Waals surface area contributed by atoms with Crippen LogP contribution >= 0.6 is 0 Å². The Bertz CT molecular complexity index is 1280. The first-order valence-corrected chi connectivity index (χ1v) is 11.3. The first kappa shape index (κ1) is 23.7.